The van der Waals surface area contributed by atoms with Crippen LogP contribution >= 0.6 is 0 Å². The number of amides is 1. The van der Waals surface area contributed by atoms with Gasteiger partial charge in [-0.1, -0.05) is 18.2 Å². The van der Waals surface area contributed by atoms with Crippen molar-refractivity contribution in [2.24, 2.45) is 0 Å². The van der Waals surface area contributed by atoms with E-state index in [9.17, 15) is 27.5 Å². The van der Waals surface area contributed by atoms with Crippen LogP contribution in [-0.2, 0) is 31.2 Å². The number of hydrogen-bond donors (Lipinski definition) is 2. The summed E-state index contributed by atoms with van der Waals surface area (Å²) in [6.45, 7) is 1.84. The van der Waals surface area contributed by atoms with E-state index in [0.29, 0.717) is 16.0 Å². The molecule has 0 aliphatic heterocycles. The van der Waals surface area contributed by atoms with Crippen molar-refractivity contribution in [2.75, 3.05) is 18.3 Å². The fourth-order valence-corrected chi connectivity index (χ4v) is 4.94. The molecule has 3 unspecified atom stereocenters. The largest absolute Gasteiger partial charge is 0.480 e. The van der Waals surface area contributed by atoms with E-state index in [1.807, 2.05) is 25.1 Å². The van der Waals surface area contributed by atoms with Gasteiger partial charge >= 0.3 is 5.97 Å². The predicted octanol–water partition coefficient (Wildman–Crippen LogP) is 3.62. The number of allylic oxidation sites excluding steroid dienone is 2. The molecule has 0 aromatic heterocycles. The first-order valence-corrected chi connectivity index (χ1v) is 13.8. The summed E-state index contributed by atoms with van der Waals surface area (Å²) in [5, 5.41) is 11.9. The third-order valence-electron chi connectivity index (χ3n) is 5.64. The summed E-state index contributed by atoms with van der Waals surface area (Å²) in [6.07, 6.45) is 4.94. The highest BCUT2D eigenvalue weighted by Gasteiger charge is 2.27. The SMILES string of the molecule is CC1=C(CC(=O)NC(CCS(C)=O)C(=O)O)c2cc(F)ccc2C1=Cc1ccc(S(C)=O)cc1. The standard InChI is InChI=1S/C25H26FNO5S2/c1-15-20(12-16-4-7-18(8-5-16)34(3)32)19-9-6-17(26)13-22(19)21(15)14-24(28)27-23(25(29)30)10-11-33(2)31/h4-9,12-13,23H,10-11,14H2,1-3H3,(H,27,28)(H,29,30). The molecule has 0 bridgehead atoms. The number of carboxylic acids is 1. The van der Waals surface area contributed by atoms with Crippen LogP contribution in [0.5, 0.6) is 0 Å². The molecular formula is C25H26FNO5S2. The van der Waals surface area contributed by atoms with E-state index in [1.54, 1.807) is 24.5 Å². The highest BCUT2D eigenvalue weighted by Crippen LogP contribution is 2.43. The Morgan fingerprint density at radius 3 is 2.35 bits per heavy atom. The lowest BCUT2D eigenvalue weighted by atomic mass is 10.0. The normalized spacial score (nSPS) is 16.8. The van der Waals surface area contributed by atoms with E-state index in [1.165, 1.54) is 18.4 Å². The van der Waals surface area contributed by atoms with E-state index in [-0.39, 0.29) is 18.6 Å². The topological polar surface area (TPSA) is 101 Å². The van der Waals surface area contributed by atoms with Crippen molar-refractivity contribution in [3.05, 3.63) is 70.5 Å². The van der Waals surface area contributed by atoms with Crippen LogP contribution in [0.2, 0.25) is 0 Å². The molecule has 0 heterocycles. The Bertz CT molecular complexity index is 1230. The summed E-state index contributed by atoms with van der Waals surface area (Å²) in [4.78, 5) is 25.0. The fraction of sp³-hybridized carbons (Fsp3) is 0.280. The van der Waals surface area contributed by atoms with Crippen LogP contribution in [0.15, 0.2) is 52.9 Å². The third kappa shape index (κ3) is 6.15. The Morgan fingerprint density at radius 2 is 1.76 bits per heavy atom. The maximum absolute atomic E-state index is 14.1. The average molecular weight is 504 g/mol. The zero-order valence-corrected chi connectivity index (χ0v) is 20.7. The summed E-state index contributed by atoms with van der Waals surface area (Å²) in [5.41, 5.74) is 4.48. The monoisotopic (exact) mass is 503 g/mol. The van der Waals surface area contributed by atoms with Crippen molar-refractivity contribution < 1.29 is 27.5 Å². The molecule has 1 aliphatic rings. The first kappa shape index (κ1) is 25.7. The summed E-state index contributed by atoms with van der Waals surface area (Å²) < 4.78 is 37.1. The second-order valence-corrected chi connectivity index (χ2v) is 11.0. The number of aliphatic carboxylic acids is 1. The molecule has 1 amide bonds. The van der Waals surface area contributed by atoms with Crippen molar-refractivity contribution in [1.29, 1.82) is 0 Å². The second kappa shape index (κ2) is 11.0. The Kier molecular flexibility index (Phi) is 8.33. The van der Waals surface area contributed by atoms with Crippen LogP contribution in [0.25, 0.3) is 17.2 Å². The van der Waals surface area contributed by atoms with Gasteiger partial charge in [-0.2, -0.15) is 0 Å². The van der Waals surface area contributed by atoms with Crippen molar-refractivity contribution >= 4 is 50.7 Å². The van der Waals surface area contributed by atoms with Gasteiger partial charge in [-0.25, -0.2) is 9.18 Å². The van der Waals surface area contributed by atoms with Gasteiger partial charge in [0.25, 0.3) is 0 Å². The van der Waals surface area contributed by atoms with Gasteiger partial charge in [0, 0.05) is 44.8 Å². The number of nitrogens with one attached hydrogen (secondary N) is 1. The van der Waals surface area contributed by atoms with Gasteiger partial charge in [0.2, 0.25) is 5.91 Å². The van der Waals surface area contributed by atoms with Gasteiger partial charge in [-0.15, -0.1) is 0 Å². The lowest BCUT2D eigenvalue weighted by molar-refractivity contribution is -0.141. The number of fused-ring (bicyclic) bond motifs is 1. The number of halogens is 1. The number of hydrogen-bond acceptors (Lipinski definition) is 4. The summed E-state index contributed by atoms with van der Waals surface area (Å²) >= 11 is 0. The van der Waals surface area contributed by atoms with Crippen LogP contribution < -0.4 is 5.32 Å². The molecule has 1 aliphatic carbocycles. The molecule has 3 atom stereocenters. The summed E-state index contributed by atoms with van der Waals surface area (Å²) in [6, 6.07) is 10.5. The lowest BCUT2D eigenvalue weighted by Gasteiger charge is -2.15. The zero-order chi connectivity index (χ0) is 25.0. The smallest absolute Gasteiger partial charge is 0.326 e. The van der Waals surface area contributed by atoms with Gasteiger partial charge in [-0.3, -0.25) is 13.2 Å². The number of carbonyl (C=O) groups excluding carboxylic acids is 1. The Labute approximate surface area is 202 Å². The second-order valence-electron chi connectivity index (χ2n) is 8.08. The Hall–Kier alpha value is -2.91. The molecule has 2 aromatic carbocycles. The molecule has 0 spiro atoms. The van der Waals surface area contributed by atoms with E-state index in [0.717, 1.165) is 22.3 Å². The number of benzene rings is 2. The molecule has 2 N–H and O–H groups in total. The highest BCUT2D eigenvalue weighted by molar-refractivity contribution is 7.84. The number of carbonyl (C=O) groups is 2. The lowest BCUT2D eigenvalue weighted by Crippen LogP contribution is -2.41. The van der Waals surface area contributed by atoms with Crippen molar-refractivity contribution in [3.63, 3.8) is 0 Å². The highest BCUT2D eigenvalue weighted by atomic mass is 32.2. The minimum absolute atomic E-state index is 0.0527. The zero-order valence-electron chi connectivity index (χ0n) is 19.1. The van der Waals surface area contributed by atoms with Gasteiger partial charge in [0.1, 0.15) is 11.9 Å². The van der Waals surface area contributed by atoms with Crippen molar-refractivity contribution in [1.82, 2.24) is 5.32 Å². The first-order chi connectivity index (χ1) is 16.1. The van der Waals surface area contributed by atoms with Crippen LogP contribution in [0.3, 0.4) is 0 Å². The van der Waals surface area contributed by atoms with Crippen LogP contribution in [0.4, 0.5) is 4.39 Å². The first-order valence-electron chi connectivity index (χ1n) is 10.5. The molecule has 180 valence electrons. The van der Waals surface area contributed by atoms with Gasteiger partial charge < -0.3 is 10.4 Å². The number of carboxylic acid groups (broad SMARTS) is 1. The number of rotatable bonds is 9. The molecule has 6 nitrogen and oxygen atoms in total. The summed E-state index contributed by atoms with van der Waals surface area (Å²) in [5.74, 6) is -1.98. The Morgan fingerprint density at radius 1 is 1.09 bits per heavy atom. The van der Waals surface area contributed by atoms with E-state index >= 15 is 0 Å². The Balaban J connectivity index is 1.91. The minimum Gasteiger partial charge on any atom is -0.480 e. The molecule has 2 aromatic rings. The van der Waals surface area contributed by atoms with Crippen molar-refractivity contribution in [3.8, 4) is 0 Å². The molecule has 0 radical (unpaired) electrons. The predicted molar refractivity (Wildman–Crippen MR) is 133 cm³/mol. The van der Waals surface area contributed by atoms with E-state index < -0.39 is 45.3 Å². The average Bonchev–Trinajstić information content (AvgIpc) is 3.01. The van der Waals surface area contributed by atoms with Crippen molar-refractivity contribution in [2.45, 2.75) is 30.7 Å². The minimum atomic E-state index is -1.19. The fourth-order valence-electron chi connectivity index (χ4n) is 3.85. The van der Waals surface area contributed by atoms with E-state index in [4.69, 9.17) is 0 Å². The molecule has 0 saturated carbocycles. The van der Waals surface area contributed by atoms with Crippen LogP contribution in [0.1, 0.15) is 36.5 Å². The molecule has 0 fully saturated rings. The molecule has 34 heavy (non-hydrogen) atoms. The van der Waals surface area contributed by atoms with Gasteiger partial charge in [-0.05, 0) is 77.1 Å². The van der Waals surface area contributed by atoms with Gasteiger partial charge in [0.05, 0.1) is 6.42 Å². The maximum Gasteiger partial charge on any atom is 0.326 e. The molecule has 0 saturated heterocycles. The summed E-state index contributed by atoms with van der Waals surface area (Å²) in [7, 11) is -2.27. The molecule has 9 heteroatoms. The van der Waals surface area contributed by atoms with Crippen LogP contribution in [-0.4, -0.2) is 49.7 Å². The third-order valence-corrected chi connectivity index (χ3v) is 7.39. The maximum atomic E-state index is 14.1. The van der Waals surface area contributed by atoms with E-state index in [2.05, 4.69) is 5.32 Å². The van der Waals surface area contributed by atoms with Gasteiger partial charge in [0.15, 0.2) is 0 Å². The molecule has 3 rings (SSSR count). The quantitative estimate of drug-likeness (QED) is 0.545. The van der Waals surface area contributed by atoms with Crippen LogP contribution in [0, 0.1) is 5.82 Å². The molecular weight excluding hydrogens is 477 g/mol.